The molecule has 0 spiro atoms. The molecule has 1 aromatic heterocycles. The molecular weight excluding hydrogens is 440 g/mol. The van der Waals surface area contributed by atoms with Crippen molar-refractivity contribution in [3.05, 3.63) is 29.6 Å². The van der Waals surface area contributed by atoms with Crippen LogP contribution in [0.15, 0.2) is 29.6 Å². The van der Waals surface area contributed by atoms with Crippen molar-refractivity contribution in [1.29, 1.82) is 0 Å². The van der Waals surface area contributed by atoms with Crippen LogP contribution < -0.4 is 0 Å². The molecule has 0 radical (unpaired) electrons. The predicted octanol–water partition coefficient (Wildman–Crippen LogP) is 4.45. The summed E-state index contributed by atoms with van der Waals surface area (Å²) in [5, 5.41) is 42.7. The average molecular weight is 487 g/mol. The molecule has 1 unspecified atom stereocenters. The third-order valence-corrected chi connectivity index (χ3v) is 9.08. The second-order valence-corrected chi connectivity index (χ2v) is 12.2. The van der Waals surface area contributed by atoms with Gasteiger partial charge < -0.3 is 15.3 Å². The highest BCUT2D eigenvalue weighted by molar-refractivity contribution is 5.25. The number of aryl methyl sites for hydroxylation is 1. The lowest BCUT2D eigenvalue weighted by atomic mass is 9.71. The summed E-state index contributed by atoms with van der Waals surface area (Å²) >= 11 is 0. The molecule has 3 aliphatic rings. The Balaban J connectivity index is 1.32. The van der Waals surface area contributed by atoms with E-state index in [4.69, 9.17) is 0 Å². The number of fused-ring (bicyclic) bond motifs is 1. The maximum absolute atomic E-state index is 10.7. The van der Waals surface area contributed by atoms with E-state index in [1.807, 2.05) is 13.8 Å². The number of allylic oxidation sites excluding steroid dienone is 3. The largest absolute Gasteiger partial charge is 0.392 e. The highest BCUT2D eigenvalue weighted by Gasteiger charge is 2.41. The van der Waals surface area contributed by atoms with Crippen LogP contribution in [0.5, 0.6) is 0 Å². The summed E-state index contributed by atoms with van der Waals surface area (Å²) < 4.78 is 1.65. The van der Waals surface area contributed by atoms with E-state index in [0.29, 0.717) is 31.7 Å². The Labute approximate surface area is 210 Å². The van der Waals surface area contributed by atoms with Gasteiger partial charge in [-0.05, 0) is 106 Å². The van der Waals surface area contributed by atoms with Gasteiger partial charge in [0, 0.05) is 12.5 Å². The number of aromatic nitrogens is 4. The second-order valence-electron chi connectivity index (χ2n) is 12.2. The van der Waals surface area contributed by atoms with Crippen molar-refractivity contribution in [3.63, 3.8) is 0 Å². The Hall–Kier alpha value is -1.57. The van der Waals surface area contributed by atoms with Gasteiger partial charge in [-0.1, -0.05) is 43.1 Å². The predicted molar refractivity (Wildman–Crippen MR) is 136 cm³/mol. The van der Waals surface area contributed by atoms with E-state index in [1.54, 1.807) is 16.6 Å². The molecule has 35 heavy (non-hydrogen) atoms. The fourth-order valence-corrected chi connectivity index (χ4v) is 7.18. The van der Waals surface area contributed by atoms with Crippen molar-refractivity contribution >= 4 is 0 Å². The number of nitrogens with zero attached hydrogens (tertiary/aromatic N) is 4. The van der Waals surface area contributed by atoms with E-state index >= 15 is 0 Å². The number of rotatable bonds is 9. The van der Waals surface area contributed by atoms with E-state index in [-0.39, 0.29) is 5.92 Å². The van der Waals surface area contributed by atoms with Gasteiger partial charge in [0.15, 0.2) is 0 Å². The molecule has 0 amide bonds. The monoisotopic (exact) mass is 486 g/mol. The molecular formula is C28H46N4O3. The molecule has 1 aromatic rings. The third kappa shape index (κ3) is 7.01. The third-order valence-electron chi connectivity index (χ3n) is 9.08. The normalized spacial score (nSPS) is 33.7. The second kappa shape index (κ2) is 11.7. The number of aliphatic hydroxyl groups excluding tert-OH is 2. The lowest BCUT2D eigenvalue weighted by Crippen LogP contribution is -2.37. The van der Waals surface area contributed by atoms with Gasteiger partial charge in [-0.25, -0.2) is 4.68 Å². The van der Waals surface area contributed by atoms with Gasteiger partial charge in [0.2, 0.25) is 0 Å². The van der Waals surface area contributed by atoms with Crippen LogP contribution in [-0.2, 0) is 6.54 Å². The number of hydrogen-bond donors (Lipinski definition) is 3. The molecule has 3 N–H and O–H groups in total. The summed E-state index contributed by atoms with van der Waals surface area (Å²) in [7, 11) is 0. The number of tetrazole rings is 1. The Bertz CT molecular complexity index is 846. The van der Waals surface area contributed by atoms with E-state index in [1.165, 1.54) is 38.5 Å². The summed E-state index contributed by atoms with van der Waals surface area (Å²) in [5.74, 6) is 2.88. The van der Waals surface area contributed by atoms with Crippen LogP contribution in [0.25, 0.3) is 0 Å². The molecule has 3 fully saturated rings. The summed E-state index contributed by atoms with van der Waals surface area (Å²) in [6, 6.07) is 0. The Kier molecular flexibility index (Phi) is 8.82. The van der Waals surface area contributed by atoms with Crippen molar-refractivity contribution in [2.75, 3.05) is 0 Å². The SMILES string of the molecule is CC(CCCC(C)(C)O)[C@@H]1CC[C@H]2/C(=C/C=C3C[C@@H](O)C(CCn4cnnn4)[C@H](O)C3)CCC[C@@H]21. The smallest absolute Gasteiger partial charge is 0.138 e. The van der Waals surface area contributed by atoms with E-state index < -0.39 is 17.8 Å². The lowest BCUT2D eigenvalue weighted by Gasteiger charge is -2.35. The summed E-state index contributed by atoms with van der Waals surface area (Å²) in [5.41, 5.74) is 2.19. The van der Waals surface area contributed by atoms with E-state index in [0.717, 1.165) is 36.2 Å². The molecule has 196 valence electrons. The van der Waals surface area contributed by atoms with Crippen LogP contribution in [0, 0.1) is 29.6 Å². The Morgan fingerprint density at radius 1 is 1.14 bits per heavy atom. The van der Waals surface area contributed by atoms with Gasteiger partial charge in [-0.2, -0.15) is 0 Å². The van der Waals surface area contributed by atoms with Crippen molar-refractivity contribution in [3.8, 4) is 0 Å². The fraction of sp³-hybridized carbons (Fsp3) is 0.821. The molecule has 4 rings (SSSR count). The van der Waals surface area contributed by atoms with Crippen molar-refractivity contribution in [1.82, 2.24) is 20.2 Å². The maximum atomic E-state index is 10.7. The van der Waals surface area contributed by atoms with Crippen molar-refractivity contribution in [2.45, 2.75) is 116 Å². The van der Waals surface area contributed by atoms with Gasteiger partial charge >= 0.3 is 0 Å². The zero-order valence-electron chi connectivity index (χ0n) is 21.9. The van der Waals surface area contributed by atoms with Crippen LogP contribution in [0.2, 0.25) is 0 Å². The first-order valence-corrected chi connectivity index (χ1v) is 13.9. The first kappa shape index (κ1) is 26.5. The topological polar surface area (TPSA) is 104 Å². The molecule has 0 saturated heterocycles. The van der Waals surface area contributed by atoms with Crippen LogP contribution in [0.4, 0.5) is 0 Å². The van der Waals surface area contributed by atoms with Crippen LogP contribution in [0.3, 0.4) is 0 Å². The quantitative estimate of drug-likeness (QED) is 0.476. The highest BCUT2D eigenvalue weighted by atomic mass is 16.3. The molecule has 7 heteroatoms. The first-order valence-electron chi connectivity index (χ1n) is 13.9. The lowest BCUT2D eigenvalue weighted by molar-refractivity contribution is -0.0117. The zero-order valence-corrected chi connectivity index (χ0v) is 21.9. The van der Waals surface area contributed by atoms with Crippen LogP contribution in [0.1, 0.15) is 91.4 Å². The molecule has 0 aromatic carbocycles. The van der Waals surface area contributed by atoms with Crippen LogP contribution >= 0.6 is 0 Å². The molecule has 0 aliphatic heterocycles. The molecule has 6 atom stereocenters. The average Bonchev–Trinajstić information content (AvgIpc) is 3.46. The minimum atomic E-state index is -0.554. The minimum Gasteiger partial charge on any atom is -0.392 e. The number of hydrogen-bond acceptors (Lipinski definition) is 6. The van der Waals surface area contributed by atoms with E-state index in [9.17, 15) is 15.3 Å². The number of aliphatic hydroxyl groups is 3. The maximum Gasteiger partial charge on any atom is 0.138 e. The van der Waals surface area contributed by atoms with E-state index in [2.05, 4.69) is 34.6 Å². The highest BCUT2D eigenvalue weighted by Crippen LogP contribution is 2.51. The van der Waals surface area contributed by atoms with Crippen molar-refractivity contribution < 1.29 is 15.3 Å². The fourth-order valence-electron chi connectivity index (χ4n) is 7.18. The van der Waals surface area contributed by atoms with Crippen molar-refractivity contribution in [2.24, 2.45) is 29.6 Å². The molecule has 7 nitrogen and oxygen atoms in total. The zero-order chi connectivity index (χ0) is 25.0. The van der Waals surface area contributed by atoms with Gasteiger partial charge in [-0.3, -0.25) is 0 Å². The molecule has 3 aliphatic carbocycles. The minimum absolute atomic E-state index is 0.142. The summed E-state index contributed by atoms with van der Waals surface area (Å²) in [6.07, 6.45) is 16.6. The standard InChI is InChI=1S/C28H46N4O3/c1-19(6-5-14-28(2,3)35)22-11-12-23-21(7-4-8-24(22)23)10-9-20-16-26(33)25(27(34)17-20)13-15-32-18-29-30-31-32/h9-10,18-19,22-27,33-35H,4-8,11-17H2,1-3H3/b20-9?,21-10+/t19?,22-,23-,24+,25?,26+,27+/m0/s1. The Morgan fingerprint density at radius 2 is 1.91 bits per heavy atom. The first-order chi connectivity index (χ1) is 16.7. The summed E-state index contributed by atoms with van der Waals surface area (Å²) in [6.45, 7) is 6.86. The molecule has 3 saturated carbocycles. The Morgan fingerprint density at radius 3 is 2.60 bits per heavy atom. The van der Waals surface area contributed by atoms with Gasteiger partial charge in [0.1, 0.15) is 6.33 Å². The van der Waals surface area contributed by atoms with Gasteiger partial charge in [0.25, 0.3) is 0 Å². The van der Waals surface area contributed by atoms with Gasteiger partial charge in [-0.15, -0.1) is 5.10 Å². The van der Waals surface area contributed by atoms with Crippen LogP contribution in [-0.4, -0.2) is 53.3 Å². The molecule has 1 heterocycles. The molecule has 0 bridgehead atoms. The van der Waals surface area contributed by atoms with Gasteiger partial charge in [0.05, 0.1) is 17.8 Å². The summed E-state index contributed by atoms with van der Waals surface area (Å²) in [4.78, 5) is 0.